The summed E-state index contributed by atoms with van der Waals surface area (Å²) >= 11 is 0. The van der Waals surface area contributed by atoms with Gasteiger partial charge in [0, 0.05) is 30.0 Å². The second-order valence-electron chi connectivity index (χ2n) is 9.02. The molecular weight excluding hydrogens is 308 g/mol. The average Bonchev–Trinajstić information content (AvgIpc) is 3.38. The van der Waals surface area contributed by atoms with Gasteiger partial charge in [0.05, 0.1) is 10.2 Å². The highest BCUT2D eigenvalue weighted by Crippen LogP contribution is 2.38. The molecule has 0 saturated heterocycles. The zero-order chi connectivity index (χ0) is 16.4. The molecule has 0 aromatic carbocycles. The summed E-state index contributed by atoms with van der Waals surface area (Å²) in [6.45, 7) is 0. The molecule has 4 rings (SSSR count). The van der Waals surface area contributed by atoms with Crippen LogP contribution in [0.3, 0.4) is 0 Å². The van der Waals surface area contributed by atoms with Gasteiger partial charge in [-0.05, 0) is 51.4 Å². The average molecular weight is 346 g/mol. The molecule has 0 heterocycles. The Hall–Kier alpha value is 0.137. The number of rotatable bonds is 6. The zero-order valence-corrected chi connectivity index (χ0v) is 16.6. The molecule has 2 nitrogen and oxygen atoms in total. The molecule has 4 aliphatic rings. The first-order chi connectivity index (χ1) is 11.8. The lowest BCUT2D eigenvalue weighted by Gasteiger charge is -2.49. The van der Waals surface area contributed by atoms with Crippen molar-refractivity contribution in [1.82, 2.24) is 9.80 Å². The Kier molecular flexibility index (Phi) is 6.01. The predicted molar refractivity (Wildman–Crippen MR) is 102 cm³/mol. The van der Waals surface area contributed by atoms with Gasteiger partial charge in [-0.2, -0.15) is 0 Å². The normalized spacial score (nSPS) is 28.5. The van der Waals surface area contributed by atoms with Crippen LogP contribution in [-0.4, -0.2) is 50.0 Å². The molecule has 0 spiro atoms. The molecule has 4 aliphatic carbocycles. The molecule has 0 atom stereocenters. The largest absolute Gasteiger partial charge is 0.286 e. The first-order valence-corrected chi connectivity index (χ1v) is 11.7. The summed E-state index contributed by atoms with van der Waals surface area (Å²) < 4.78 is 0. The molecule has 0 aliphatic heterocycles. The van der Waals surface area contributed by atoms with Gasteiger partial charge in [0.15, 0.2) is 0 Å². The van der Waals surface area contributed by atoms with Gasteiger partial charge in [0.25, 0.3) is 0 Å². The second-order valence-corrected chi connectivity index (χ2v) is 9.54. The Bertz CT molecular complexity index is 309. The highest BCUT2D eigenvalue weighted by molar-refractivity contribution is 6.11. The smallest absolute Gasteiger partial charge is 0.0703 e. The van der Waals surface area contributed by atoms with E-state index in [1.165, 1.54) is 103 Å². The summed E-state index contributed by atoms with van der Waals surface area (Å²) in [4.78, 5) is 5.96. The van der Waals surface area contributed by atoms with Crippen molar-refractivity contribution < 1.29 is 0 Å². The fourth-order valence-electron chi connectivity index (χ4n) is 6.36. The summed E-state index contributed by atoms with van der Waals surface area (Å²) in [7, 11) is 4.37. The molecule has 135 valence electrons. The highest BCUT2D eigenvalue weighted by Gasteiger charge is 2.41. The van der Waals surface area contributed by atoms with Crippen molar-refractivity contribution in [1.29, 1.82) is 0 Å². The van der Waals surface area contributed by atoms with Crippen LogP contribution in [-0.2, 0) is 0 Å². The van der Waals surface area contributed by atoms with Gasteiger partial charge < -0.3 is 0 Å². The lowest BCUT2D eigenvalue weighted by molar-refractivity contribution is -0.0155. The van der Waals surface area contributed by atoms with E-state index in [0.717, 1.165) is 24.2 Å². The van der Waals surface area contributed by atoms with Crippen LogP contribution in [0.2, 0.25) is 0 Å². The second kappa shape index (κ2) is 8.22. The van der Waals surface area contributed by atoms with Crippen molar-refractivity contribution in [3.8, 4) is 0 Å². The van der Waals surface area contributed by atoms with Gasteiger partial charge in [-0.25, -0.2) is 0 Å². The molecule has 0 unspecified atom stereocenters. The van der Waals surface area contributed by atoms with Crippen molar-refractivity contribution in [2.24, 2.45) is 0 Å². The maximum absolute atomic E-state index is 4.37. The fraction of sp³-hybridized carbons (Fsp3) is 1.00. The monoisotopic (exact) mass is 345 g/mol. The lowest BCUT2D eigenvalue weighted by atomic mass is 10.1. The van der Waals surface area contributed by atoms with E-state index >= 15 is 0 Å². The van der Waals surface area contributed by atoms with Gasteiger partial charge >= 0.3 is 0 Å². The van der Waals surface area contributed by atoms with Crippen LogP contribution in [0.4, 0.5) is 0 Å². The van der Waals surface area contributed by atoms with E-state index in [2.05, 4.69) is 20.0 Å². The summed E-state index contributed by atoms with van der Waals surface area (Å²) in [6.07, 6.45) is 23.2. The fourth-order valence-corrected chi connectivity index (χ4v) is 7.20. The minimum Gasteiger partial charge on any atom is -0.286 e. The summed E-state index contributed by atoms with van der Waals surface area (Å²) in [5.41, 5.74) is 0. The van der Waals surface area contributed by atoms with E-state index in [4.69, 9.17) is 0 Å². The first kappa shape index (κ1) is 17.5. The Morgan fingerprint density at radius 1 is 0.458 bits per heavy atom. The van der Waals surface area contributed by atoms with E-state index in [1.54, 1.807) is 0 Å². The van der Waals surface area contributed by atoms with Crippen molar-refractivity contribution in [2.75, 3.05) is 0 Å². The van der Waals surface area contributed by atoms with Crippen LogP contribution >= 0.6 is 0 Å². The number of hydrogen-bond donors (Lipinski definition) is 0. The van der Waals surface area contributed by atoms with Crippen LogP contribution in [0.5, 0.6) is 0 Å². The Morgan fingerprint density at radius 2 is 0.667 bits per heavy atom. The maximum Gasteiger partial charge on any atom is 0.0703 e. The number of hydrogen-bond acceptors (Lipinski definition) is 2. The summed E-state index contributed by atoms with van der Waals surface area (Å²) in [5.74, 6) is 0.502. The standard InChI is InChI=1S/C21H37N2Si/c24-21(22(17-9-1-2-10-17)18-11-3-4-12-18)23(19-13-5-6-14-19)20-15-7-8-16-20/h17-21H,1-16H2. The van der Waals surface area contributed by atoms with Gasteiger partial charge in [0.2, 0.25) is 0 Å². The number of nitrogens with zero attached hydrogens (tertiary/aromatic N) is 2. The van der Waals surface area contributed by atoms with Crippen molar-refractivity contribution in [2.45, 2.75) is 133 Å². The molecule has 24 heavy (non-hydrogen) atoms. The van der Waals surface area contributed by atoms with Gasteiger partial charge in [-0.15, -0.1) is 0 Å². The highest BCUT2D eigenvalue weighted by atomic mass is 28.1. The van der Waals surface area contributed by atoms with E-state index in [1.807, 2.05) is 0 Å². The zero-order valence-electron chi connectivity index (χ0n) is 15.6. The lowest BCUT2D eigenvalue weighted by Crippen LogP contribution is -2.60. The van der Waals surface area contributed by atoms with E-state index in [-0.39, 0.29) is 0 Å². The SMILES string of the molecule is [Si]C(N(C1CCCC1)C1CCCC1)N(C1CCCC1)C1CCCC1. The Morgan fingerprint density at radius 3 is 0.875 bits per heavy atom. The van der Waals surface area contributed by atoms with Crippen LogP contribution in [0.15, 0.2) is 0 Å². The molecule has 4 fully saturated rings. The molecule has 4 saturated carbocycles. The van der Waals surface area contributed by atoms with E-state index in [9.17, 15) is 0 Å². The van der Waals surface area contributed by atoms with Crippen molar-refractivity contribution in [3.63, 3.8) is 0 Å². The van der Waals surface area contributed by atoms with Crippen molar-refractivity contribution in [3.05, 3.63) is 0 Å². The van der Waals surface area contributed by atoms with Crippen LogP contribution < -0.4 is 0 Å². The van der Waals surface area contributed by atoms with E-state index < -0.39 is 0 Å². The van der Waals surface area contributed by atoms with Crippen molar-refractivity contribution >= 4 is 10.2 Å². The topological polar surface area (TPSA) is 6.48 Å². The van der Waals surface area contributed by atoms with Gasteiger partial charge in [0.1, 0.15) is 0 Å². The van der Waals surface area contributed by atoms with E-state index in [0.29, 0.717) is 5.79 Å². The Balaban J connectivity index is 1.55. The molecule has 3 radical (unpaired) electrons. The molecule has 3 heteroatoms. The van der Waals surface area contributed by atoms with Gasteiger partial charge in [-0.1, -0.05) is 51.4 Å². The van der Waals surface area contributed by atoms with Crippen LogP contribution in [0.1, 0.15) is 103 Å². The molecule has 0 aromatic rings. The first-order valence-electron chi connectivity index (χ1n) is 11.1. The third-order valence-electron chi connectivity index (χ3n) is 7.55. The Labute approximate surface area is 153 Å². The third kappa shape index (κ3) is 3.64. The minimum atomic E-state index is 0.502. The molecule has 0 aromatic heterocycles. The molecule has 0 N–H and O–H groups in total. The summed E-state index contributed by atoms with van der Waals surface area (Å²) in [5, 5.41) is 0. The summed E-state index contributed by atoms with van der Waals surface area (Å²) in [6, 6.07) is 3.39. The van der Waals surface area contributed by atoms with Crippen LogP contribution in [0.25, 0.3) is 0 Å². The molecular formula is C21H37N2Si. The van der Waals surface area contributed by atoms with Crippen LogP contribution in [0, 0.1) is 0 Å². The maximum atomic E-state index is 4.37. The molecule has 0 bridgehead atoms. The quantitative estimate of drug-likeness (QED) is 0.503. The third-order valence-corrected chi connectivity index (χ3v) is 8.15. The minimum absolute atomic E-state index is 0.502. The predicted octanol–water partition coefficient (Wildman–Crippen LogP) is 4.81. The molecule has 0 amide bonds. The van der Waals surface area contributed by atoms with Gasteiger partial charge in [-0.3, -0.25) is 9.80 Å².